The van der Waals surface area contributed by atoms with Crippen LogP contribution in [0.5, 0.6) is 0 Å². The molecule has 0 spiro atoms. The van der Waals surface area contributed by atoms with Gasteiger partial charge in [0.1, 0.15) is 5.01 Å². The summed E-state index contributed by atoms with van der Waals surface area (Å²) in [5.41, 5.74) is 1.40. The monoisotopic (exact) mass is 400 g/mol. The fourth-order valence-electron chi connectivity index (χ4n) is 3.32. The van der Waals surface area contributed by atoms with E-state index in [0.29, 0.717) is 0 Å². The number of aryl methyl sites for hydroxylation is 1. The van der Waals surface area contributed by atoms with Gasteiger partial charge in [-0.05, 0) is 12.0 Å². The Morgan fingerprint density at radius 1 is 1.11 bits per heavy atom. The molecule has 1 fully saturated rings. The molecular formula is C21H32N6S. The first kappa shape index (κ1) is 20.8. The van der Waals surface area contributed by atoms with Crippen LogP contribution in [0.3, 0.4) is 0 Å². The number of piperazine rings is 1. The van der Waals surface area contributed by atoms with Crippen LogP contribution in [-0.4, -0.2) is 67.1 Å². The van der Waals surface area contributed by atoms with Gasteiger partial charge in [-0.15, -0.1) is 11.3 Å². The van der Waals surface area contributed by atoms with E-state index in [2.05, 4.69) is 67.7 Å². The summed E-state index contributed by atoms with van der Waals surface area (Å²) in [5.74, 6) is 0.843. The van der Waals surface area contributed by atoms with Crippen molar-refractivity contribution in [2.75, 3.05) is 46.3 Å². The molecule has 1 aliphatic rings. The lowest BCUT2D eigenvalue weighted by Gasteiger charge is -2.34. The summed E-state index contributed by atoms with van der Waals surface area (Å²) in [6.45, 7) is 10.4. The van der Waals surface area contributed by atoms with Gasteiger partial charge >= 0.3 is 0 Å². The summed E-state index contributed by atoms with van der Waals surface area (Å²) in [7, 11) is 1.82. The minimum absolute atomic E-state index is 0.725. The molecule has 0 aliphatic carbocycles. The number of nitrogens with one attached hydrogen (secondary N) is 2. The van der Waals surface area contributed by atoms with Crippen LogP contribution in [0.2, 0.25) is 0 Å². The molecule has 0 saturated carbocycles. The Morgan fingerprint density at radius 3 is 2.54 bits per heavy atom. The van der Waals surface area contributed by atoms with Gasteiger partial charge in [0.05, 0.1) is 6.54 Å². The Balaban J connectivity index is 1.31. The third kappa shape index (κ3) is 6.58. The van der Waals surface area contributed by atoms with Crippen LogP contribution in [0.15, 0.2) is 41.5 Å². The van der Waals surface area contributed by atoms with E-state index in [0.717, 1.165) is 69.7 Å². The maximum absolute atomic E-state index is 4.44. The van der Waals surface area contributed by atoms with Gasteiger partial charge < -0.3 is 10.6 Å². The molecule has 0 radical (unpaired) electrons. The minimum atomic E-state index is 0.725. The molecule has 2 N–H and O–H groups in total. The minimum Gasteiger partial charge on any atom is -0.355 e. The zero-order chi connectivity index (χ0) is 19.6. The third-order valence-corrected chi connectivity index (χ3v) is 6.16. The second-order valence-electron chi connectivity index (χ2n) is 7.03. The van der Waals surface area contributed by atoms with Crippen molar-refractivity contribution in [2.24, 2.45) is 4.99 Å². The van der Waals surface area contributed by atoms with Crippen molar-refractivity contribution >= 4 is 17.3 Å². The van der Waals surface area contributed by atoms with Gasteiger partial charge in [0, 0.05) is 63.9 Å². The standard InChI is InChI=1S/C21H32N6S/c1-3-19-15-24-20(28-19)16-25-21(22-2)23-9-10-26-11-13-27(14-12-26)17-18-7-5-4-6-8-18/h4-8,15H,3,9-14,16-17H2,1-2H3,(H2,22,23,25). The Kier molecular flexibility index (Phi) is 8.26. The molecule has 0 amide bonds. The number of nitrogens with zero attached hydrogens (tertiary/aromatic N) is 4. The predicted molar refractivity (Wildman–Crippen MR) is 118 cm³/mol. The first-order valence-corrected chi connectivity index (χ1v) is 10.9. The van der Waals surface area contributed by atoms with Crippen molar-refractivity contribution in [1.29, 1.82) is 0 Å². The number of guanidine groups is 1. The molecule has 28 heavy (non-hydrogen) atoms. The molecular weight excluding hydrogens is 368 g/mol. The van der Waals surface area contributed by atoms with Gasteiger partial charge in [-0.25, -0.2) is 4.98 Å². The molecule has 0 unspecified atom stereocenters. The quantitative estimate of drug-likeness (QED) is 0.526. The molecule has 1 saturated heterocycles. The van der Waals surface area contributed by atoms with Crippen LogP contribution in [0, 0.1) is 0 Å². The van der Waals surface area contributed by atoms with Crippen molar-refractivity contribution in [1.82, 2.24) is 25.4 Å². The van der Waals surface area contributed by atoms with E-state index in [1.807, 2.05) is 13.2 Å². The molecule has 2 aromatic rings. The number of hydrogen-bond donors (Lipinski definition) is 2. The first-order valence-electron chi connectivity index (χ1n) is 10.1. The van der Waals surface area contributed by atoms with Crippen LogP contribution < -0.4 is 10.6 Å². The highest BCUT2D eigenvalue weighted by Crippen LogP contribution is 2.12. The van der Waals surface area contributed by atoms with Crippen LogP contribution in [0.4, 0.5) is 0 Å². The second-order valence-corrected chi connectivity index (χ2v) is 8.23. The van der Waals surface area contributed by atoms with Crippen molar-refractivity contribution in [3.63, 3.8) is 0 Å². The van der Waals surface area contributed by atoms with Crippen molar-refractivity contribution in [3.8, 4) is 0 Å². The fourth-order valence-corrected chi connectivity index (χ4v) is 4.12. The largest absolute Gasteiger partial charge is 0.355 e. The predicted octanol–water partition coefficient (Wildman–Crippen LogP) is 2.19. The lowest BCUT2D eigenvalue weighted by molar-refractivity contribution is 0.129. The lowest BCUT2D eigenvalue weighted by atomic mass is 10.2. The van der Waals surface area contributed by atoms with E-state index < -0.39 is 0 Å². The Labute approximate surface area is 172 Å². The third-order valence-electron chi connectivity index (χ3n) is 5.01. The molecule has 0 bridgehead atoms. The highest BCUT2D eigenvalue weighted by atomic mass is 32.1. The van der Waals surface area contributed by atoms with Gasteiger partial charge in [-0.2, -0.15) is 0 Å². The molecule has 3 rings (SSSR count). The van der Waals surface area contributed by atoms with E-state index in [1.165, 1.54) is 10.4 Å². The molecule has 1 aromatic heterocycles. The van der Waals surface area contributed by atoms with E-state index in [1.54, 1.807) is 11.3 Å². The van der Waals surface area contributed by atoms with E-state index >= 15 is 0 Å². The molecule has 7 heteroatoms. The second kappa shape index (κ2) is 11.1. The number of aromatic nitrogens is 1. The Bertz CT molecular complexity index is 722. The fraction of sp³-hybridized carbons (Fsp3) is 0.524. The van der Waals surface area contributed by atoms with Gasteiger partial charge in [0.2, 0.25) is 0 Å². The summed E-state index contributed by atoms with van der Waals surface area (Å²) in [6, 6.07) is 10.7. The summed E-state index contributed by atoms with van der Waals surface area (Å²) in [6.07, 6.45) is 3.01. The number of aliphatic imine (C=N–C) groups is 1. The molecule has 0 atom stereocenters. The molecule has 152 valence electrons. The molecule has 1 aromatic carbocycles. The van der Waals surface area contributed by atoms with E-state index in [9.17, 15) is 0 Å². The molecule has 1 aliphatic heterocycles. The van der Waals surface area contributed by atoms with Crippen molar-refractivity contribution in [3.05, 3.63) is 52.0 Å². The summed E-state index contributed by atoms with van der Waals surface area (Å²) >= 11 is 1.76. The van der Waals surface area contributed by atoms with Crippen molar-refractivity contribution in [2.45, 2.75) is 26.4 Å². The normalized spacial score (nSPS) is 16.3. The van der Waals surface area contributed by atoms with Gasteiger partial charge in [0.25, 0.3) is 0 Å². The zero-order valence-corrected chi connectivity index (χ0v) is 17.8. The highest BCUT2D eigenvalue weighted by Gasteiger charge is 2.16. The number of benzene rings is 1. The number of hydrogen-bond acceptors (Lipinski definition) is 5. The summed E-state index contributed by atoms with van der Waals surface area (Å²) < 4.78 is 0. The summed E-state index contributed by atoms with van der Waals surface area (Å²) in [4.78, 5) is 15.1. The maximum Gasteiger partial charge on any atom is 0.191 e. The van der Waals surface area contributed by atoms with Crippen LogP contribution in [-0.2, 0) is 19.5 Å². The average Bonchev–Trinajstić information content (AvgIpc) is 3.21. The maximum atomic E-state index is 4.44. The van der Waals surface area contributed by atoms with Crippen molar-refractivity contribution < 1.29 is 0 Å². The van der Waals surface area contributed by atoms with Gasteiger partial charge in [-0.1, -0.05) is 37.3 Å². The summed E-state index contributed by atoms with van der Waals surface area (Å²) in [5, 5.41) is 7.88. The molecule has 2 heterocycles. The van der Waals surface area contributed by atoms with Crippen LogP contribution in [0.25, 0.3) is 0 Å². The molecule has 6 nitrogen and oxygen atoms in total. The Morgan fingerprint density at radius 2 is 1.86 bits per heavy atom. The highest BCUT2D eigenvalue weighted by molar-refractivity contribution is 7.11. The average molecular weight is 401 g/mol. The first-order chi connectivity index (χ1) is 13.8. The zero-order valence-electron chi connectivity index (χ0n) is 17.0. The SMILES string of the molecule is CCc1cnc(CNC(=NC)NCCN2CCN(Cc3ccccc3)CC2)s1. The smallest absolute Gasteiger partial charge is 0.191 e. The number of thiazole rings is 1. The number of rotatable bonds is 8. The van der Waals surface area contributed by atoms with E-state index in [4.69, 9.17) is 0 Å². The van der Waals surface area contributed by atoms with Crippen LogP contribution >= 0.6 is 11.3 Å². The van der Waals surface area contributed by atoms with Gasteiger partial charge in [0.15, 0.2) is 5.96 Å². The topological polar surface area (TPSA) is 55.8 Å². The lowest BCUT2D eigenvalue weighted by Crippen LogP contribution is -2.48. The van der Waals surface area contributed by atoms with Gasteiger partial charge in [-0.3, -0.25) is 14.8 Å². The van der Waals surface area contributed by atoms with E-state index in [-0.39, 0.29) is 0 Å². The van der Waals surface area contributed by atoms with Crippen LogP contribution in [0.1, 0.15) is 22.4 Å². The Hall–Kier alpha value is -1.96.